The Bertz CT molecular complexity index is 1060. The number of para-hydroxylation sites is 1. The van der Waals surface area contributed by atoms with E-state index < -0.39 is 11.7 Å². The summed E-state index contributed by atoms with van der Waals surface area (Å²) < 4.78 is 7.64. The number of rotatable bonds is 2. The molecule has 1 amide bonds. The van der Waals surface area contributed by atoms with Crippen molar-refractivity contribution in [1.82, 2.24) is 14.4 Å². The number of ether oxygens (including phenoxy) is 1. The van der Waals surface area contributed by atoms with Crippen LogP contribution in [0.3, 0.4) is 0 Å². The molecule has 4 rings (SSSR count). The Morgan fingerprint density at radius 1 is 1.32 bits per heavy atom. The van der Waals surface area contributed by atoms with Crippen LogP contribution in [0.1, 0.15) is 38.1 Å². The molecule has 0 bridgehead atoms. The van der Waals surface area contributed by atoms with Crippen molar-refractivity contribution in [3.63, 3.8) is 0 Å². The third kappa shape index (κ3) is 3.07. The molecule has 2 N–H and O–H groups in total. The van der Waals surface area contributed by atoms with E-state index in [1.165, 1.54) is 11.8 Å². The van der Waals surface area contributed by atoms with Crippen molar-refractivity contribution < 1.29 is 9.53 Å². The quantitative estimate of drug-likeness (QED) is 0.656. The third-order valence-electron chi connectivity index (χ3n) is 4.64. The molecule has 3 aromatic rings. The van der Waals surface area contributed by atoms with Crippen LogP contribution in [0.15, 0.2) is 41.8 Å². The Kier molecular flexibility index (Phi) is 4.45. The summed E-state index contributed by atoms with van der Waals surface area (Å²) in [5.41, 5.74) is 9.00. The van der Waals surface area contributed by atoms with Gasteiger partial charge in [-0.3, -0.25) is 9.30 Å². The molecule has 0 saturated carbocycles. The lowest BCUT2D eigenvalue weighted by Gasteiger charge is -2.28. The minimum absolute atomic E-state index is 0.311. The number of benzene rings is 1. The van der Waals surface area contributed by atoms with Crippen molar-refractivity contribution in [2.24, 2.45) is 0 Å². The molecular weight excluding hydrogens is 374 g/mol. The average molecular weight is 398 g/mol. The van der Waals surface area contributed by atoms with Crippen LogP contribution in [0, 0.1) is 0 Å². The second-order valence-corrected chi connectivity index (χ2v) is 8.49. The van der Waals surface area contributed by atoms with Crippen molar-refractivity contribution in [1.29, 1.82) is 0 Å². The highest BCUT2D eigenvalue weighted by Crippen LogP contribution is 2.43. The average Bonchev–Trinajstić information content (AvgIpc) is 3.19. The van der Waals surface area contributed by atoms with E-state index >= 15 is 0 Å². The number of anilines is 2. The van der Waals surface area contributed by atoms with Crippen molar-refractivity contribution >= 4 is 34.9 Å². The first kappa shape index (κ1) is 18.6. The van der Waals surface area contributed by atoms with Gasteiger partial charge in [-0.1, -0.05) is 30.0 Å². The van der Waals surface area contributed by atoms with Gasteiger partial charge in [0.25, 0.3) is 0 Å². The highest BCUT2D eigenvalue weighted by Gasteiger charge is 2.40. The Labute approximate surface area is 167 Å². The second kappa shape index (κ2) is 6.70. The lowest BCUT2D eigenvalue weighted by Crippen LogP contribution is -2.37. The predicted octanol–water partition coefficient (Wildman–Crippen LogP) is 4.07. The van der Waals surface area contributed by atoms with E-state index in [9.17, 15) is 4.79 Å². The number of amides is 1. The van der Waals surface area contributed by atoms with Crippen LogP contribution in [0.4, 0.5) is 16.3 Å². The van der Waals surface area contributed by atoms with Crippen molar-refractivity contribution in [3.05, 3.63) is 47.9 Å². The van der Waals surface area contributed by atoms with Gasteiger partial charge in [-0.05, 0) is 38.7 Å². The molecule has 1 aliphatic rings. The number of nitrogen functional groups attached to an aromatic ring is 1. The molecule has 146 valence electrons. The maximum absolute atomic E-state index is 13.1. The van der Waals surface area contributed by atoms with Crippen LogP contribution in [0.2, 0.25) is 0 Å². The van der Waals surface area contributed by atoms with Gasteiger partial charge < -0.3 is 10.5 Å². The molecule has 3 heterocycles. The van der Waals surface area contributed by atoms with Gasteiger partial charge in [-0.15, -0.1) is 0 Å². The van der Waals surface area contributed by atoms with Crippen LogP contribution >= 0.6 is 11.8 Å². The number of carbonyl (C=O) groups is 1. The molecule has 1 aliphatic heterocycles. The lowest BCUT2D eigenvalue weighted by molar-refractivity contribution is 0.0569. The number of fused-ring (bicyclic) bond motifs is 2. The minimum Gasteiger partial charge on any atom is -0.443 e. The Morgan fingerprint density at radius 2 is 2.07 bits per heavy atom. The van der Waals surface area contributed by atoms with Gasteiger partial charge in [0.2, 0.25) is 0 Å². The zero-order chi connectivity index (χ0) is 20.1. The zero-order valence-corrected chi connectivity index (χ0v) is 17.2. The van der Waals surface area contributed by atoms with Gasteiger partial charge in [0.1, 0.15) is 16.9 Å². The number of aromatic nitrogens is 3. The fraction of sp³-hybridized carbons (Fsp3) is 0.350. The molecule has 2 aromatic heterocycles. The molecule has 7 nitrogen and oxygen atoms in total. The van der Waals surface area contributed by atoms with Crippen molar-refractivity contribution in [3.8, 4) is 0 Å². The van der Waals surface area contributed by atoms with Gasteiger partial charge in [0, 0.05) is 18.8 Å². The van der Waals surface area contributed by atoms with Crippen LogP contribution < -0.4 is 10.6 Å². The van der Waals surface area contributed by atoms with E-state index in [1.54, 1.807) is 11.1 Å². The smallest absolute Gasteiger partial charge is 0.415 e. The molecule has 1 atom stereocenters. The van der Waals surface area contributed by atoms with E-state index in [0.29, 0.717) is 12.2 Å². The Morgan fingerprint density at radius 3 is 2.79 bits per heavy atom. The van der Waals surface area contributed by atoms with E-state index in [1.807, 2.05) is 61.9 Å². The third-order valence-corrected chi connectivity index (χ3v) is 5.30. The number of imidazole rings is 1. The summed E-state index contributed by atoms with van der Waals surface area (Å²) in [6.07, 6.45) is 5.71. The standard InChI is InChI=1S/C20H23N5O2S/c1-20(2,3)27-19(26)25-13-8-6-5-7-12(13)11-14(25)15-16-17(21)22-9-10-24(16)18(23-15)28-4/h5-10,14H,11H2,1-4H3,(H2,21,22). The molecule has 0 fully saturated rings. The predicted molar refractivity (Wildman–Crippen MR) is 111 cm³/mol. The van der Waals surface area contributed by atoms with Gasteiger partial charge in [0.05, 0.1) is 17.4 Å². The summed E-state index contributed by atoms with van der Waals surface area (Å²) in [5.74, 6) is 0.394. The molecule has 28 heavy (non-hydrogen) atoms. The second-order valence-electron chi connectivity index (χ2n) is 7.71. The topological polar surface area (TPSA) is 85.8 Å². The largest absolute Gasteiger partial charge is 0.443 e. The van der Waals surface area contributed by atoms with Crippen molar-refractivity contribution in [2.45, 2.75) is 44.0 Å². The fourth-order valence-corrected chi connectivity index (χ4v) is 4.12. The van der Waals surface area contributed by atoms with E-state index in [-0.39, 0.29) is 6.04 Å². The van der Waals surface area contributed by atoms with E-state index in [0.717, 1.165) is 27.6 Å². The summed E-state index contributed by atoms with van der Waals surface area (Å²) >= 11 is 1.52. The van der Waals surface area contributed by atoms with Gasteiger partial charge in [-0.2, -0.15) is 0 Å². The monoisotopic (exact) mass is 397 g/mol. The minimum atomic E-state index is -0.597. The summed E-state index contributed by atoms with van der Waals surface area (Å²) in [5, 5.41) is 0.805. The van der Waals surface area contributed by atoms with E-state index in [2.05, 4.69) is 4.98 Å². The summed E-state index contributed by atoms with van der Waals surface area (Å²) in [6, 6.07) is 7.56. The zero-order valence-electron chi connectivity index (χ0n) is 16.3. The normalized spacial score (nSPS) is 16.4. The summed E-state index contributed by atoms with van der Waals surface area (Å²) in [7, 11) is 0. The molecule has 0 spiro atoms. The maximum Gasteiger partial charge on any atom is 0.415 e. The Balaban J connectivity index is 1.87. The highest BCUT2D eigenvalue weighted by molar-refractivity contribution is 7.98. The number of hydrogen-bond acceptors (Lipinski definition) is 6. The van der Waals surface area contributed by atoms with Crippen LogP contribution in [-0.2, 0) is 11.2 Å². The first-order valence-corrected chi connectivity index (χ1v) is 10.3. The van der Waals surface area contributed by atoms with Gasteiger partial charge in [0.15, 0.2) is 5.16 Å². The van der Waals surface area contributed by atoms with Crippen LogP contribution in [-0.4, -0.2) is 32.3 Å². The molecular formula is C20H23N5O2S. The SMILES string of the molecule is CSc1nc(C2Cc3ccccc3N2C(=O)OC(C)(C)C)c2c(N)nccn12. The van der Waals surface area contributed by atoms with E-state index in [4.69, 9.17) is 15.5 Å². The first-order valence-electron chi connectivity index (χ1n) is 9.06. The fourth-order valence-electron chi connectivity index (χ4n) is 3.58. The number of carbonyl (C=O) groups excluding carboxylic acids is 1. The molecule has 8 heteroatoms. The number of hydrogen-bond donors (Lipinski definition) is 1. The number of nitrogens with two attached hydrogens (primary N) is 1. The number of nitrogens with zero attached hydrogens (tertiary/aromatic N) is 4. The lowest BCUT2D eigenvalue weighted by atomic mass is 10.1. The van der Waals surface area contributed by atoms with Crippen LogP contribution in [0.5, 0.6) is 0 Å². The molecule has 0 radical (unpaired) electrons. The molecule has 0 saturated heterocycles. The van der Waals surface area contributed by atoms with Gasteiger partial charge in [-0.25, -0.2) is 14.8 Å². The van der Waals surface area contributed by atoms with Crippen LogP contribution in [0.25, 0.3) is 5.52 Å². The molecule has 1 aromatic carbocycles. The highest BCUT2D eigenvalue weighted by atomic mass is 32.2. The number of thioether (sulfide) groups is 1. The maximum atomic E-state index is 13.1. The Hall–Kier alpha value is -2.74. The molecule has 0 aliphatic carbocycles. The van der Waals surface area contributed by atoms with Crippen molar-refractivity contribution in [2.75, 3.05) is 16.9 Å². The summed E-state index contributed by atoms with van der Waals surface area (Å²) in [6.45, 7) is 5.59. The molecule has 1 unspecified atom stereocenters. The first-order chi connectivity index (χ1) is 13.3. The van der Waals surface area contributed by atoms with Gasteiger partial charge >= 0.3 is 6.09 Å². The summed E-state index contributed by atoms with van der Waals surface area (Å²) in [4.78, 5) is 23.9.